The van der Waals surface area contributed by atoms with Crippen LogP contribution in [0.3, 0.4) is 0 Å². The third kappa shape index (κ3) is 5.39. The van der Waals surface area contributed by atoms with Gasteiger partial charge in [-0.1, -0.05) is 47.8 Å². The molecule has 0 amide bonds. The van der Waals surface area contributed by atoms with Gasteiger partial charge < -0.3 is 0 Å². The van der Waals surface area contributed by atoms with Crippen molar-refractivity contribution in [2.45, 2.75) is 6.68 Å². The van der Waals surface area contributed by atoms with Crippen LogP contribution in [0.1, 0.15) is 0 Å². The molecule has 0 saturated carbocycles. The molecule has 0 fully saturated rings. The van der Waals surface area contributed by atoms with Gasteiger partial charge in [0.2, 0.25) is 4.53 Å². The van der Waals surface area contributed by atoms with Gasteiger partial charge in [-0.15, -0.1) is 5.53 Å². The number of alkyl halides is 9. The van der Waals surface area contributed by atoms with Crippen molar-refractivity contribution in [3.8, 4) is 0 Å². The monoisotopic (exact) mass is 814 g/mol. The smallest absolute Gasteiger partial charge is 0.221 e. The van der Waals surface area contributed by atoms with Gasteiger partial charge in [0.05, 0.1) is 5.70 Å². The van der Waals surface area contributed by atoms with Gasteiger partial charge in [-0.2, -0.15) is 0 Å². The van der Waals surface area contributed by atoms with Crippen molar-refractivity contribution in [3.05, 3.63) is 11.9 Å². The maximum absolute atomic E-state index is 3.48. The predicted octanol–water partition coefficient (Wildman–Crippen LogP) is 6.30. The third-order valence-corrected chi connectivity index (χ3v) is 4.95. The van der Waals surface area contributed by atoms with Gasteiger partial charge in [0, 0.05) is 6.20 Å². The molecule has 0 spiro atoms. The van der Waals surface area contributed by atoms with Crippen molar-refractivity contribution in [1.29, 1.82) is 0 Å². The van der Waals surface area contributed by atoms with Crippen molar-refractivity contribution in [1.82, 2.24) is 15.6 Å². The highest BCUT2D eigenvalue weighted by Gasteiger charge is 2.45. The summed E-state index contributed by atoms with van der Waals surface area (Å²) in [4.78, 5) is 0. The Morgan fingerprint density at radius 3 is 1.53 bits per heavy atom. The fourth-order valence-electron chi connectivity index (χ4n) is 0.894. The first-order valence-corrected chi connectivity index (χ1v) is 10.8. The van der Waals surface area contributed by atoms with E-state index in [1.807, 2.05) is 6.20 Å². The summed E-state index contributed by atoms with van der Waals surface area (Å²) in [5.41, 5.74) is 3.98. The largest absolute Gasteiger partial charge is 0.259 e. The molecule has 1 aliphatic rings. The second kappa shape index (κ2) is 6.39. The standard InChI is InChI=1S/C5H2Br9N3/c6-3(7,8)2-1-16(4(9,10)11)15-17(2)5(12,13)14/h1,15H. The Kier molecular flexibility index (Phi) is 7.02. The number of allylic oxidation sites excluding steroid dienone is 1. The quantitative estimate of drug-likeness (QED) is 0.229. The Hall–Kier alpha value is 3.62. The van der Waals surface area contributed by atoms with Crippen molar-refractivity contribution in [2.24, 2.45) is 0 Å². The minimum atomic E-state index is -0.646. The van der Waals surface area contributed by atoms with Crippen molar-refractivity contribution in [3.63, 3.8) is 0 Å². The highest BCUT2D eigenvalue weighted by molar-refractivity contribution is 9.40. The lowest BCUT2D eigenvalue weighted by Crippen LogP contribution is -2.50. The maximum Gasteiger partial charge on any atom is 0.221 e. The zero-order valence-corrected chi connectivity index (χ0v) is 21.6. The highest BCUT2D eigenvalue weighted by Crippen LogP contribution is 2.51. The van der Waals surface area contributed by atoms with Crippen LogP contribution in [0.4, 0.5) is 0 Å². The van der Waals surface area contributed by atoms with Gasteiger partial charge in [0.1, 0.15) is 0 Å². The molecule has 1 heterocycles. The molecule has 0 saturated heterocycles. The van der Waals surface area contributed by atoms with E-state index in [9.17, 15) is 0 Å². The van der Waals surface area contributed by atoms with Crippen LogP contribution in [-0.2, 0) is 0 Å². The highest BCUT2D eigenvalue weighted by atomic mass is 80.0. The molecule has 12 heteroatoms. The normalized spacial score (nSPS) is 18.8. The Balaban J connectivity index is 3.10. The van der Waals surface area contributed by atoms with Crippen molar-refractivity contribution in [2.75, 3.05) is 0 Å². The van der Waals surface area contributed by atoms with Gasteiger partial charge in [0.15, 0.2) is 2.14 Å². The molecule has 1 aliphatic heterocycles. The zero-order chi connectivity index (χ0) is 13.6. The fourth-order valence-corrected chi connectivity index (χ4v) is 3.09. The van der Waals surface area contributed by atoms with E-state index in [0.717, 1.165) is 5.70 Å². The summed E-state index contributed by atoms with van der Waals surface area (Å²) in [6, 6.07) is 0. The van der Waals surface area contributed by atoms with Crippen LogP contribution < -0.4 is 5.53 Å². The van der Waals surface area contributed by atoms with Gasteiger partial charge in [-0.3, -0.25) is 10.0 Å². The Bertz CT molecular complexity index is 323. The van der Waals surface area contributed by atoms with Crippen LogP contribution in [0.25, 0.3) is 0 Å². The van der Waals surface area contributed by atoms with E-state index in [0.29, 0.717) is 0 Å². The first-order chi connectivity index (χ1) is 7.33. The summed E-state index contributed by atoms with van der Waals surface area (Å²) in [6.45, 7) is 0. The molecule has 0 radical (unpaired) electrons. The van der Waals surface area contributed by atoms with Crippen LogP contribution in [0.5, 0.6) is 0 Å². The average Bonchev–Trinajstić information content (AvgIpc) is 2.42. The Labute approximate surface area is 174 Å². The Morgan fingerprint density at radius 2 is 1.29 bits per heavy atom. The molecule has 100 valence electrons. The molecule has 0 unspecified atom stereocenters. The summed E-state index contributed by atoms with van der Waals surface area (Å²) in [7, 11) is 0. The molecular formula is C5H2Br9N3. The second-order valence-corrected chi connectivity index (χ2v) is 22.8. The molecule has 1 rings (SSSR count). The summed E-state index contributed by atoms with van der Waals surface area (Å²) >= 11 is 31.1. The number of nitrogens with zero attached hydrogens (tertiary/aromatic N) is 2. The van der Waals surface area contributed by atoms with E-state index < -0.39 is 6.68 Å². The van der Waals surface area contributed by atoms with Crippen molar-refractivity contribution < 1.29 is 0 Å². The van der Waals surface area contributed by atoms with E-state index in [2.05, 4.69) is 149 Å². The number of hydrogen-bond donors (Lipinski definition) is 1. The minimum absolute atomic E-state index is 0.576. The summed E-state index contributed by atoms with van der Waals surface area (Å²) in [5.74, 6) is 0. The average molecular weight is 823 g/mol. The van der Waals surface area contributed by atoms with Gasteiger partial charge in [-0.25, -0.2) is 0 Å². The molecule has 17 heavy (non-hydrogen) atoms. The minimum Gasteiger partial charge on any atom is -0.259 e. The van der Waals surface area contributed by atoms with Gasteiger partial charge >= 0.3 is 0 Å². The number of hydrazine groups is 2. The maximum atomic E-state index is 3.48. The number of nitrogens with one attached hydrogen (secondary N) is 1. The van der Waals surface area contributed by atoms with Crippen LogP contribution in [0.2, 0.25) is 0 Å². The summed E-state index contributed by atoms with van der Waals surface area (Å²) < 4.78 is -1.83. The molecule has 3 nitrogen and oxygen atoms in total. The van der Waals surface area contributed by atoms with E-state index in [1.165, 1.54) is 0 Å². The van der Waals surface area contributed by atoms with Crippen molar-refractivity contribution >= 4 is 143 Å². The second-order valence-electron chi connectivity index (χ2n) is 2.75. The summed E-state index contributed by atoms with van der Waals surface area (Å²) in [5, 5.41) is 3.56. The lowest BCUT2D eigenvalue weighted by atomic mass is 10.5. The van der Waals surface area contributed by atoms with Gasteiger partial charge in [-0.05, 0) is 95.6 Å². The SMILES string of the molecule is BrC(Br)(Br)C1=CN(C(Br)(Br)Br)NN1C(Br)(Br)Br. The number of hydrogen-bond acceptors (Lipinski definition) is 3. The third-order valence-electron chi connectivity index (χ3n) is 1.52. The Morgan fingerprint density at radius 1 is 0.824 bits per heavy atom. The molecule has 1 N–H and O–H groups in total. The van der Waals surface area contributed by atoms with E-state index >= 15 is 0 Å². The number of halogens is 9. The molecule has 0 aromatic heterocycles. The van der Waals surface area contributed by atoms with E-state index in [-0.39, 0.29) is 0 Å². The van der Waals surface area contributed by atoms with Crippen LogP contribution in [0, 0.1) is 0 Å². The lowest BCUT2D eigenvalue weighted by Gasteiger charge is -2.35. The molecule has 0 bridgehead atoms. The first-order valence-electron chi connectivity index (χ1n) is 3.62. The van der Waals surface area contributed by atoms with E-state index in [4.69, 9.17) is 0 Å². The fraction of sp³-hybridized carbons (Fsp3) is 0.600. The first kappa shape index (κ1) is 18.7. The lowest BCUT2D eigenvalue weighted by molar-refractivity contribution is 0.146. The molecule has 0 aromatic rings. The summed E-state index contributed by atoms with van der Waals surface area (Å²) in [6.07, 6.45) is 1.87. The molecule has 0 atom stereocenters. The predicted molar refractivity (Wildman–Crippen MR) is 103 cm³/mol. The molecule has 0 aromatic carbocycles. The zero-order valence-electron chi connectivity index (χ0n) is 7.37. The van der Waals surface area contributed by atoms with Crippen LogP contribution in [-0.4, -0.2) is 16.7 Å². The van der Waals surface area contributed by atoms with Crippen LogP contribution >= 0.6 is 143 Å². The van der Waals surface area contributed by atoms with Gasteiger partial charge in [0.25, 0.3) is 0 Å². The molecule has 0 aliphatic carbocycles. The van der Waals surface area contributed by atoms with Crippen LogP contribution in [0.15, 0.2) is 11.9 Å². The molecular weight excluding hydrogens is 821 g/mol. The topological polar surface area (TPSA) is 18.5 Å². The van der Waals surface area contributed by atoms with E-state index in [1.54, 1.807) is 10.0 Å². The number of rotatable bonds is 0.